The average molecular weight is 154 g/mol. The summed E-state index contributed by atoms with van der Waals surface area (Å²) in [6.07, 6.45) is 4.75. The van der Waals surface area contributed by atoms with E-state index in [0.717, 1.165) is 19.3 Å². The molecule has 0 aromatic heterocycles. The minimum absolute atomic E-state index is 0.0425. The van der Waals surface area contributed by atoms with Gasteiger partial charge in [0.1, 0.15) is 6.10 Å². The number of hydrogen-bond acceptors (Lipinski definition) is 2. The molecule has 62 valence electrons. The van der Waals surface area contributed by atoms with Crippen LogP contribution in [0.5, 0.6) is 0 Å². The predicted molar refractivity (Wildman–Crippen MR) is 43.1 cm³/mol. The Bertz CT molecular complexity index is 163. The first-order valence-corrected chi connectivity index (χ1v) is 4.05. The second-order valence-corrected chi connectivity index (χ2v) is 3.06. The van der Waals surface area contributed by atoms with Crippen molar-refractivity contribution in [2.75, 3.05) is 0 Å². The molecule has 0 saturated carbocycles. The lowest BCUT2D eigenvalue weighted by molar-refractivity contribution is -0.144. The van der Waals surface area contributed by atoms with Crippen LogP contribution in [-0.4, -0.2) is 12.1 Å². The van der Waals surface area contributed by atoms with Gasteiger partial charge in [-0.25, -0.2) is 0 Å². The van der Waals surface area contributed by atoms with Crippen LogP contribution in [0.15, 0.2) is 12.7 Å². The molecule has 0 radical (unpaired) electrons. The molecule has 0 amide bonds. The van der Waals surface area contributed by atoms with Crippen molar-refractivity contribution < 1.29 is 9.53 Å². The highest BCUT2D eigenvalue weighted by Crippen LogP contribution is 2.23. The van der Waals surface area contributed by atoms with E-state index in [1.165, 1.54) is 0 Å². The Morgan fingerprint density at radius 3 is 3.00 bits per heavy atom. The van der Waals surface area contributed by atoms with Crippen molar-refractivity contribution in [2.24, 2.45) is 5.92 Å². The molecule has 11 heavy (non-hydrogen) atoms. The average Bonchev–Trinajstić information content (AvgIpc) is 2.28. The van der Waals surface area contributed by atoms with E-state index in [1.807, 2.05) is 13.0 Å². The van der Waals surface area contributed by atoms with Crippen molar-refractivity contribution in [1.29, 1.82) is 0 Å². The topological polar surface area (TPSA) is 26.3 Å². The maximum Gasteiger partial charge on any atom is 0.309 e. The van der Waals surface area contributed by atoms with Crippen LogP contribution in [0, 0.1) is 5.92 Å². The number of ether oxygens (including phenoxy) is 1. The minimum atomic E-state index is -0.0425. The third kappa shape index (κ3) is 2.07. The lowest BCUT2D eigenvalue weighted by Crippen LogP contribution is -2.05. The smallest absolute Gasteiger partial charge is 0.309 e. The van der Waals surface area contributed by atoms with Gasteiger partial charge in [-0.15, -0.1) is 6.58 Å². The molecule has 0 aromatic rings. The normalized spacial score (nSPS) is 30.1. The third-order valence-corrected chi connectivity index (χ3v) is 1.99. The SMILES string of the molecule is C=CCCC1C[C@H](C)C(=O)O1. The van der Waals surface area contributed by atoms with Gasteiger partial charge in [-0.05, 0) is 19.3 Å². The van der Waals surface area contributed by atoms with Crippen LogP contribution in [0.2, 0.25) is 0 Å². The van der Waals surface area contributed by atoms with Crippen molar-refractivity contribution >= 4 is 5.97 Å². The highest BCUT2D eigenvalue weighted by atomic mass is 16.5. The van der Waals surface area contributed by atoms with Gasteiger partial charge >= 0.3 is 5.97 Å². The van der Waals surface area contributed by atoms with Gasteiger partial charge < -0.3 is 4.74 Å². The Kier molecular flexibility index (Phi) is 2.69. The summed E-state index contributed by atoms with van der Waals surface area (Å²) in [4.78, 5) is 10.9. The molecule has 1 aliphatic rings. The Hall–Kier alpha value is -0.790. The molecule has 1 saturated heterocycles. The Morgan fingerprint density at radius 2 is 2.55 bits per heavy atom. The Morgan fingerprint density at radius 1 is 1.82 bits per heavy atom. The van der Waals surface area contributed by atoms with E-state index in [1.54, 1.807) is 0 Å². The molecule has 1 unspecified atom stereocenters. The maximum atomic E-state index is 10.9. The van der Waals surface area contributed by atoms with Crippen molar-refractivity contribution in [3.05, 3.63) is 12.7 Å². The lowest BCUT2D eigenvalue weighted by Gasteiger charge is -2.05. The van der Waals surface area contributed by atoms with Crippen LogP contribution >= 0.6 is 0 Å². The number of esters is 1. The van der Waals surface area contributed by atoms with Gasteiger partial charge in [0.15, 0.2) is 0 Å². The minimum Gasteiger partial charge on any atom is -0.462 e. The summed E-state index contributed by atoms with van der Waals surface area (Å²) in [7, 11) is 0. The molecule has 0 N–H and O–H groups in total. The lowest BCUT2D eigenvalue weighted by atomic mass is 10.0. The highest BCUT2D eigenvalue weighted by Gasteiger charge is 2.29. The molecule has 1 heterocycles. The summed E-state index contributed by atoms with van der Waals surface area (Å²) in [6, 6.07) is 0. The van der Waals surface area contributed by atoms with Crippen molar-refractivity contribution in [1.82, 2.24) is 0 Å². The summed E-state index contributed by atoms with van der Waals surface area (Å²) in [5.74, 6) is 0.0591. The second-order valence-electron chi connectivity index (χ2n) is 3.06. The molecule has 0 aromatic carbocycles. The van der Waals surface area contributed by atoms with Crippen molar-refractivity contribution in [3.8, 4) is 0 Å². The van der Waals surface area contributed by atoms with E-state index in [-0.39, 0.29) is 18.0 Å². The van der Waals surface area contributed by atoms with Crippen LogP contribution in [0.4, 0.5) is 0 Å². The Labute approximate surface area is 67.2 Å². The van der Waals surface area contributed by atoms with Gasteiger partial charge in [0.25, 0.3) is 0 Å². The summed E-state index contributed by atoms with van der Waals surface area (Å²) in [5.41, 5.74) is 0. The number of allylic oxidation sites excluding steroid dienone is 1. The van der Waals surface area contributed by atoms with E-state index in [2.05, 4.69) is 6.58 Å². The van der Waals surface area contributed by atoms with Gasteiger partial charge in [-0.3, -0.25) is 4.79 Å². The zero-order valence-corrected chi connectivity index (χ0v) is 6.88. The van der Waals surface area contributed by atoms with Crippen LogP contribution in [-0.2, 0) is 9.53 Å². The quantitative estimate of drug-likeness (QED) is 0.458. The van der Waals surface area contributed by atoms with Crippen LogP contribution in [0.25, 0.3) is 0 Å². The first-order chi connectivity index (χ1) is 5.24. The zero-order chi connectivity index (χ0) is 8.27. The fourth-order valence-electron chi connectivity index (χ4n) is 1.30. The van der Waals surface area contributed by atoms with Gasteiger partial charge in [-0.2, -0.15) is 0 Å². The number of carbonyl (C=O) groups is 1. The predicted octanol–water partition coefficient (Wildman–Crippen LogP) is 1.90. The molecular formula is C9H14O2. The number of rotatable bonds is 3. The van der Waals surface area contributed by atoms with Crippen LogP contribution < -0.4 is 0 Å². The third-order valence-electron chi connectivity index (χ3n) is 1.99. The molecule has 2 atom stereocenters. The molecule has 1 fully saturated rings. The first kappa shape index (κ1) is 8.31. The first-order valence-electron chi connectivity index (χ1n) is 4.05. The summed E-state index contributed by atoms with van der Waals surface area (Å²) in [5, 5.41) is 0. The van der Waals surface area contributed by atoms with Crippen LogP contribution in [0.1, 0.15) is 26.2 Å². The summed E-state index contributed by atoms with van der Waals surface area (Å²) in [6.45, 7) is 5.53. The molecule has 1 rings (SSSR count). The van der Waals surface area contributed by atoms with E-state index in [9.17, 15) is 4.79 Å². The Balaban J connectivity index is 2.29. The maximum absolute atomic E-state index is 10.9. The molecule has 1 aliphatic heterocycles. The van der Waals surface area contributed by atoms with Gasteiger partial charge in [-0.1, -0.05) is 13.0 Å². The second kappa shape index (κ2) is 3.56. The summed E-state index contributed by atoms with van der Waals surface area (Å²) < 4.78 is 5.09. The van der Waals surface area contributed by atoms with Gasteiger partial charge in [0.2, 0.25) is 0 Å². The highest BCUT2D eigenvalue weighted by molar-refractivity contribution is 5.74. The van der Waals surface area contributed by atoms with Crippen molar-refractivity contribution in [3.63, 3.8) is 0 Å². The van der Waals surface area contributed by atoms with E-state index in [0.29, 0.717) is 0 Å². The molecule has 0 bridgehead atoms. The standard InChI is InChI=1S/C9H14O2/c1-3-4-5-8-6-7(2)9(10)11-8/h3,7-8H,1,4-6H2,2H3/t7-,8?/m0/s1. The fraction of sp³-hybridized carbons (Fsp3) is 0.667. The monoisotopic (exact) mass is 154 g/mol. The van der Waals surface area contributed by atoms with E-state index in [4.69, 9.17) is 4.74 Å². The fourth-order valence-corrected chi connectivity index (χ4v) is 1.30. The molecule has 0 aliphatic carbocycles. The number of cyclic esters (lactones) is 1. The van der Waals surface area contributed by atoms with Gasteiger partial charge in [0.05, 0.1) is 5.92 Å². The van der Waals surface area contributed by atoms with Gasteiger partial charge in [0, 0.05) is 0 Å². The molecule has 0 spiro atoms. The van der Waals surface area contributed by atoms with E-state index < -0.39 is 0 Å². The number of hydrogen-bond donors (Lipinski definition) is 0. The van der Waals surface area contributed by atoms with Crippen LogP contribution in [0.3, 0.4) is 0 Å². The zero-order valence-electron chi connectivity index (χ0n) is 6.88. The molecule has 2 nitrogen and oxygen atoms in total. The van der Waals surface area contributed by atoms with E-state index >= 15 is 0 Å². The number of carbonyl (C=O) groups excluding carboxylic acids is 1. The van der Waals surface area contributed by atoms with Crippen molar-refractivity contribution in [2.45, 2.75) is 32.3 Å². The summed E-state index contributed by atoms with van der Waals surface area (Å²) >= 11 is 0. The largest absolute Gasteiger partial charge is 0.462 e. The molecular weight excluding hydrogens is 140 g/mol. The molecule has 2 heteroatoms.